The van der Waals surface area contributed by atoms with Gasteiger partial charge in [-0.2, -0.15) is 0 Å². The van der Waals surface area contributed by atoms with Crippen LogP contribution in [-0.4, -0.2) is 39.5 Å². The molecule has 0 aliphatic heterocycles. The molecule has 1 unspecified atom stereocenters. The molecule has 6 heteroatoms. The van der Waals surface area contributed by atoms with Crippen LogP contribution >= 0.6 is 0 Å². The van der Waals surface area contributed by atoms with Crippen molar-refractivity contribution >= 4 is 12.1 Å². The Hall–Kier alpha value is -1.30. The largest absolute Gasteiger partial charge is 0.480 e. The Morgan fingerprint density at radius 2 is 1.95 bits per heavy atom. The van der Waals surface area contributed by atoms with Crippen LogP contribution in [0, 0.1) is 0 Å². The van der Waals surface area contributed by atoms with Crippen molar-refractivity contribution in [1.82, 2.24) is 5.32 Å². The van der Waals surface area contributed by atoms with Gasteiger partial charge in [-0.15, -0.1) is 0 Å². The van der Waals surface area contributed by atoms with Crippen LogP contribution in [0.25, 0.3) is 0 Å². The number of nitrogens with one attached hydrogen (secondary N) is 1. The lowest BCUT2D eigenvalue weighted by Gasteiger charge is -2.37. The number of aliphatic hydroxyl groups is 1. The van der Waals surface area contributed by atoms with Gasteiger partial charge in [0.25, 0.3) is 0 Å². The number of ether oxygens (including phenoxy) is 1. The number of hydrogen-bond acceptors (Lipinski definition) is 4. The molecule has 0 heterocycles. The van der Waals surface area contributed by atoms with E-state index in [-0.39, 0.29) is 6.42 Å². The first-order valence-corrected chi connectivity index (χ1v) is 6.56. The SMILES string of the molecule is CC(C)(C)OC(=O)NC(CCC1(O)CCC1)C(=O)O. The van der Waals surface area contributed by atoms with Gasteiger partial charge in [-0.25, -0.2) is 9.59 Å². The fraction of sp³-hybridized carbons (Fsp3) is 0.846. The Kier molecular flexibility index (Phi) is 4.79. The van der Waals surface area contributed by atoms with Crippen LogP contribution in [0.15, 0.2) is 0 Å². The molecule has 19 heavy (non-hydrogen) atoms. The second-order valence-corrected chi connectivity index (χ2v) is 6.15. The van der Waals surface area contributed by atoms with Gasteiger partial charge in [0.05, 0.1) is 5.60 Å². The number of carbonyl (C=O) groups excluding carboxylic acids is 1. The average molecular weight is 273 g/mol. The molecule has 0 spiro atoms. The Morgan fingerprint density at radius 3 is 2.32 bits per heavy atom. The molecule has 1 rings (SSSR count). The number of rotatable bonds is 5. The summed E-state index contributed by atoms with van der Waals surface area (Å²) in [5.74, 6) is -1.12. The summed E-state index contributed by atoms with van der Waals surface area (Å²) in [6.07, 6.45) is 2.19. The van der Waals surface area contributed by atoms with E-state index in [0.29, 0.717) is 19.3 Å². The number of aliphatic carboxylic acids is 1. The Balaban J connectivity index is 2.44. The van der Waals surface area contributed by atoms with E-state index in [2.05, 4.69) is 5.32 Å². The highest BCUT2D eigenvalue weighted by Crippen LogP contribution is 2.35. The zero-order valence-electron chi connectivity index (χ0n) is 11.7. The van der Waals surface area contributed by atoms with Gasteiger partial charge < -0.3 is 20.3 Å². The number of carboxylic acid groups (broad SMARTS) is 1. The number of carboxylic acids is 1. The van der Waals surface area contributed by atoms with Gasteiger partial charge in [0.15, 0.2) is 0 Å². The highest BCUT2D eigenvalue weighted by atomic mass is 16.6. The van der Waals surface area contributed by atoms with Gasteiger partial charge in [0, 0.05) is 0 Å². The molecule has 3 N–H and O–H groups in total. The Bertz CT molecular complexity index is 343. The lowest BCUT2D eigenvalue weighted by atomic mass is 9.76. The topological polar surface area (TPSA) is 95.9 Å². The fourth-order valence-electron chi connectivity index (χ4n) is 1.96. The molecule has 6 nitrogen and oxygen atoms in total. The van der Waals surface area contributed by atoms with Crippen molar-refractivity contribution in [1.29, 1.82) is 0 Å². The van der Waals surface area contributed by atoms with Gasteiger partial charge in [0.2, 0.25) is 0 Å². The fourth-order valence-corrected chi connectivity index (χ4v) is 1.96. The van der Waals surface area contributed by atoms with Crippen molar-refractivity contribution in [2.45, 2.75) is 70.1 Å². The van der Waals surface area contributed by atoms with Crippen LogP contribution < -0.4 is 5.32 Å². The molecular weight excluding hydrogens is 250 g/mol. The summed E-state index contributed by atoms with van der Waals surface area (Å²) in [7, 11) is 0. The van der Waals surface area contributed by atoms with Crippen molar-refractivity contribution in [3.05, 3.63) is 0 Å². The highest BCUT2D eigenvalue weighted by molar-refractivity contribution is 5.79. The summed E-state index contributed by atoms with van der Waals surface area (Å²) in [4.78, 5) is 22.6. The van der Waals surface area contributed by atoms with Crippen molar-refractivity contribution in [2.75, 3.05) is 0 Å². The number of hydrogen-bond donors (Lipinski definition) is 3. The molecule has 1 aliphatic rings. The standard InChI is InChI=1S/C13H23NO5/c1-12(2,3)19-11(17)14-9(10(15)16)5-8-13(18)6-4-7-13/h9,18H,4-8H2,1-3H3,(H,14,17)(H,15,16). The third-order valence-corrected chi connectivity index (χ3v) is 3.17. The maximum Gasteiger partial charge on any atom is 0.408 e. The molecule has 1 fully saturated rings. The molecule has 1 saturated carbocycles. The summed E-state index contributed by atoms with van der Waals surface area (Å²) in [5.41, 5.74) is -1.41. The van der Waals surface area contributed by atoms with E-state index in [1.165, 1.54) is 0 Å². The second kappa shape index (κ2) is 5.77. The molecule has 0 saturated heterocycles. The van der Waals surface area contributed by atoms with Crippen molar-refractivity contribution in [2.24, 2.45) is 0 Å². The quantitative estimate of drug-likeness (QED) is 0.708. The highest BCUT2D eigenvalue weighted by Gasteiger charge is 2.36. The molecule has 1 amide bonds. The van der Waals surface area contributed by atoms with Crippen LogP contribution in [0.4, 0.5) is 4.79 Å². The smallest absolute Gasteiger partial charge is 0.408 e. The van der Waals surface area contributed by atoms with E-state index in [9.17, 15) is 14.7 Å². The summed E-state index contributed by atoms with van der Waals surface area (Å²) < 4.78 is 5.01. The molecular formula is C13H23NO5. The van der Waals surface area contributed by atoms with Gasteiger partial charge in [-0.3, -0.25) is 0 Å². The van der Waals surface area contributed by atoms with Gasteiger partial charge in [-0.05, 0) is 52.9 Å². The summed E-state index contributed by atoms with van der Waals surface area (Å²) in [6.45, 7) is 5.12. The minimum absolute atomic E-state index is 0.199. The van der Waals surface area contributed by atoms with Crippen LogP contribution in [0.2, 0.25) is 0 Å². The Labute approximate surface area is 113 Å². The molecule has 1 aliphatic carbocycles. The van der Waals surface area contributed by atoms with E-state index < -0.39 is 29.3 Å². The van der Waals surface area contributed by atoms with E-state index in [1.54, 1.807) is 20.8 Å². The van der Waals surface area contributed by atoms with Gasteiger partial charge in [0.1, 0.15) is 11.6 Å². The molecule has 0 aromatic heterocycles. The molecule has 110 valence electrons. The predicted octanol–water partition coefficient (Wildman–Crippen LogP) is 1.66. The molecule has 0 bridgehead atoms. The molecule has 1 atom stereocenters. The summed E-state index contributed by atoms with van der Waals surface area (Å²) in [5, 5.41) is 21.3. The first kappa shape index (κ1) is 15.8. The van der Waals surface area contributed by atoms with E-state index in [1.807, 2.05) is 0 Å². The van der Waals surface area contributed by atoms with E-state index in [0.717, 1.165) is 6.42 Å². The van der Waals surface area contributed by atoms with Crippen LogP contribution in [-0.2, 0) is 9.53 Å². The van der Waals surface area contributed by atoms with Crippen molar-refractivity contribution in [3.63, 3.8) is 0 Å². The van der Waals surface area contributed by atoms with Gasteiger partial charge >= 0.3 is 12.1 Å². The third-order valence-electron chi connectivity index (χ3n) is 3.17. The van der Waals surface area contributed by atoms with Crippen molar-refractivity contribution in [3.8, 4) is 0 Å². The van der Waals surface area contributed by atoms with Crippen LogP contribution in [0.5, 0.6) is 0 Å². The normalized spacial score (nSPS) is 19.2. The number of alkyl carbamates (subject to hydrolysis) is 1. The first-order chi connectivity index (χ1) is 8.61. The van der Waals surface area contributed by atoms with E-state index in [4.69, 9.17) is 9.84 Å². The lowest BCUT2D eigenvalue weighted by molar-refractivity contribution is -0.140. The number of carbonyl (C=O) groups is 2. The minimum atomic E-state index is -1.12. The average Bonchev–Trinajstić information content (AvgIpc) is 2.18. The number of amides is 1. The summed E-state index contributed by atoms with van der Waals surface area (Å²) >= 11 is 0. The lowest BCUT2D eigenvalue weighted by Crippen LogP contribution is -2.45. The maximum absolute atomic E-state index is 11.5. The van der Waals surface area contributed by atoms with Gasteiger partial charge in [-0.1, -0.05) is 0 Å². The minimum Gasteiger partial charge on any atom is -0.480 e. The molecule has 0 aromatic rings. The summed E-state index contributed by atoms with van der Waals surface area (Å²) in [6, 6.07) is -1.03. The third kappa shape index (κ3) is 5.46. The first-order valence-electron chi connectivity index (χ1n) is 6.56. The second-order valence-electron chi connectivity index (χ2n) is 6.15. The Morgan fingerprint density at radius 1 is 1.37 bits per heavy atom. The molecule has 0 aromatic carbocycles. The predicted molar refractivity (Wildman–Crippen MR) is 68.8 cm³/mol. The maximum atomic E-state index is 11.5. The monoisotopic (exact) mass is 273 g/mol. The zero-order valence-corrected chi connectivity index (χ0v) is 11.7. The van der Waals surface area contributed by atoms with E-state index >= 15 is 0 Å². The van der Waals surface area contributed by atoms with Crippen molar-refractivity contribution < 1.29 is 24.5 Å². The zero-order chi connectivity index (χ0) is 14.7. The van der Waals surface area contributed by atoms with Crippen LogP contribution in [0.1, 0.15) is 52.9 Å². The van der Waals surface area contributed by atoms with Crippen LogP contribution in [0.3, 0.4) is 0 Å². The molecule has 0 radical (unpaired) electrons.